The highest BCUT2D eigenvalue weighted by atomic mass is 35.5. The zero-order chi connectivity index (χ0) is 14.4. The van der Waals surface area contributed by atoms with E-state index in [0.29, 0.717) is 11.6 Å². The Morgan fingerprint density at radius 1 is 1.47 bits per heavy atom. The van der Waals surface area contributed by atoms with Crippen LogP contribution in [0.1, 0.15) is 30.6 Å². The largest absolute Gasteiger partial charge is 0.449 e. The van der Waals surface area contributed by atoms with Gasteiger partial charge in [0.15, 0.2) is 6.10 Å². The number of hydrogen-bond donors (Lipinski definition) is 2. The van der Waals surface area contributed by atoms with Crippen LogP contribution in [-0.4, -0.2) is 24.5 Å². The number of hydrogen-bond acceptors (Lipinski definition) is 4. The fourth-order valence-corrected chi connectivity index (χ4v) is 1.57. The predicted molar refractivity (Wildman–Crippen MR) is 74.0 cm³/mol. The van der Waals surface area contributed by atoms with Gasteiger partial charge in [0.1, 0.15) is 0 Å². The van der Waals surface area contributed by atoms with Gasteiger partial charge < -0.3 is 15.8 Å². The number of nitrogens with one attached hydrogen (secondary N) is 1. The third-order valence-electron chi connectivity index (χ3n) is 2.44. The monoisotopic (exact) mass is 284 g/mol. The summed E-state index contributed by atoms with van der Waals surface area (Å²) in [6, 6.07) is 4.47. The number of halogens is 1. The highest BCUT2D eigenvalue weighted by Crippen LogP contribution is 2.19. The van der Waals surface area contributed by atoms with Crippen molar-refractivity contribution < 1.29 is 14.3 Å². The van der Waals surface area contributed by atoms with E-state index in [1.54, 1.807) is 0 Å². The van der Waals surface area contributed by atoms with Crippen LogP contribution in [0.4, 0.5) is 5.69 Å². The Labute approximate surface area is 117 Å². The first-order chi connectivity index (χ1) is 8.95. The van der Waals surface area contributed by atoms with Crippen LogP contribution in [0.5, 0.6) is 0 Å². The molecule has 0 spiro atoms. The van der Waals surface area contributed by atoms with E-state index in [9.17, 15) is 9.59 Å². The average molecular weight is 285 g/mol. The summed E-state index contributed by atoms with van der Waals surface area (Å²) in [5.74, 6) is -0.976. The van der Waals surface area contributed by atoms with E-state index in [4.69, 9.17) is 22.1 Å². The van der Waals surface area contributed by atoms with E-state index in [2.05, 4.69) is 5.32 Å². The number of anilines is 1. The molecular weight excluding hydrogens is 268 g/mol. The Morgan fingerprint density at radius 2 is 2.16 bits per heavy atom. The Morgan fingerprint density at radius 3 is 2.74 bits per heavy atom. The minimum absolute atomic E-state index is 0.194. The summed E-state index contributed by atoms with van der Waals surface area (Å²) >= 11 is 5.74. The lowest BCUT2D eigenvalue weighted by Crippen LogP contribution is -2.36. The Kier molecular flexibility index (Phi) is 5.63. The molecule has 0 fully saturated rings. The lowest BCUT2D eigenvalue weighted by atomic mass is 10.2. The molecule has 1 amide bonds. The first-order valence-corrected chi connectivity index (χ1v) is 6.37. The first-order valence-electron chi connectivity index (χ1n) is 5.99. The molecule has 0 bridgehead atoms. The van der Waals surface area contributed by atoms with Crippen LogP contribution in [0.3, 0.4) is 0 Å². The van der Waals surface area contributed by atoms with Gasteiger partial charge in [-0.25, -0.2) is 4.79 Å². The summed E-state index contributed by atoms with van der Waals surface area (Å²) in [4.78, 5) is 23.4. The predicted octanol–water partition coefficient (Wildman–Crippen LogP) is 1.99. The van der Waals surface area contributed by atoms with Crippen molar-refractivity contribution in [3.05, 3.63) is 28.8 Å². The maximum atomic E-state index is 11.8. The van der Waals surface area contributed by atoms with E-state index in [1.165, 1.54) is 25.1 Å². The number of esters is 1. The van der Waals surface area contributed by atoms with Crippen molar-refractivity contribution in [1.82, 2.24) is 5.32 Å². The molecule has 5 nitrogen and oxygen atoms in total. The molecule has 0 saturated heterocycles. The highest BCUT2D eigenvalue weighted by Gasteiger charge is 2.19. The van der Waals surface area contributed by atoms with Gasteiger partial charge in [0.2, 0.25) is 0 Å². The van der Waals surface area contributed by atoms with Crippen LogP contribution < -0.4 is 11.1 Å². The van der Waals surface area contributed by atoms with Crippen molar-refractivity contribution >= 4 is 29.2 Å². The number of rotatable bonds is 5. The normalized spacial score (nSPS) is 11.7. The molecule has 1 aromatic rings. The Hall–Kier alpha value is -1.75. The summed E-state index contributed by atoms with van der Waals surface area (Å²) < 4.78 is 5.04. The topological polar surface area (TPSA) is 81.4 Å². The lowest BCUT2D eigenvalue weighted by molar-refractivity contribution is -0.129. The second-order valence-corrected chi connectivity index (χ2v) is 4.51. The summed E-state index contributed by atoms with van der Waals surface area (Å²) in [5, 5.41) is 3.08. The molecule has 3 N–H and O–H groups in total. The van der Waals surface area contributed by atoms with Gasteiger partial charge in [-0.05, 0) is 31.5 Å². The molecule has 1 unspecified atom stereocenters. The summed E-state index contributed by atoms with van der Waals surface area (Å²) in [6.45, 7) is 3.99. The number of carbonyl (C=O) groups is 2. The summed E-state index contributed by atoms with van der Waals surface area (Å²) in [7, 11) is 0. The third kappa shape index (κ3) is 4.44. The molecule has 0 saturated carbocycles. The van der Waals surface area contributed by atoms with Crippen molar-refractivity contribution in [2.45, 2.75) is 26.4 Å². The zero-order valence-electron chi connectivity index (χ0n) is 10.9. The summed E-state index contributed by atoms with van der Waals surface area (Å²) in [5.41, 5.74) is 6.08. The van der Waals surface area contributed by atoms with Crippen molar-refractivity contribution in [3.8, 4) is 0 Å². The van der Waals surface area contributed by atoms with E-state index >= 15 is 0 Å². The SMILES string of the molecule is CCCNC(=O)C(C)OC(=O)c1ccc(Cl)cc1N. The Bertz CT molecular complexity index is 477. The van der Waals surface area contributed by atoms with Crippen molar-refractivity contribution in [2.75, 3.05) is 12.3 Å². The molecule has 0 aliphatic rings. The molecule has 0 aromatic heterocycles. The van der Waals surface area contributed by atoms with Gasteiger partial charge in [0.25, 0.3) is 5.91 Å². The lowest BCUT2D eigenvalue weighted by Gasteiger charge is -2.14. The van der Waals surface area contributed by atoms with Crippen molar-refractivity contribution in [1.29, 1.82) is 0 Å². The van der Waals surface area contributed by atoms with Gasteiger partial charge in [0, 0.05) is 17.3 Å². The van der Waals surface area contributed by atoms with Crippen molar-refractivity contribution in [3.63, 3.8) is 0 Å². The molecule has 0 aliphatic carbocycles. The Balaban J connectivity index is 2.66. The number of carbonyl (C=O) groups excluding carboxylic acids is 2. The minimum Gasteiger partial charge on any atom is -0.449 e. The molecule has 0 aliphatic heterocycles. The van der Waals surface area contributed by atoms with Crippen LogP contribution in [0.25, 0.3) is 0 Å². The van der Waals surface area contributed by atoms with Crippen LogP contribution in [0.2, 0.25) is 5.02 Å². The van der Waals surface area contributed by atoms with Gasteiger partial charge >= 0.3 is 5.97 Å². The molecule has 1 rings (SSSR count). The standard InChI is InChI=1S/C13H17ClN2O3/c1-3-6-16-12(17)8(2)19-13(18)10-5-4-9(14)7-11(10)15/h4-5,7-8H,3,6,15H2,1-2H3,(H,16,17). The number of nitrogens with two attached hydrogens (primary N) is 1. The molecule has 19 heavy (non-hydrogen) atoms. The molecule has 0 heterocycles. The van der Waals surface area contributed by atoms with E-state index in [1.807, 2.05) is 6.92 Å². The minimum atomic E-state index is -0.867. The van der Waals surface area contributed by atoms with Gasteiger partial charge in [-0.3, -0.25) is 4.79 Å². The number of ether oxygens (including phenoxy) is 1. The van der Waals surface area contributed by atoms with Gasteiger partial charge in [-0.2, -0.15) is 0 Å². The van der Waals surface area contributed by atoms with E-state index in [0.717, 1.165) is 6.42 Å². The second kappa shape index (κ2) is 6.99. The second-order valence-electron chi connectivity index (χ2n) is 4.07. The molecule has 1 aromatic carbocycles. The molecule has 6 heteroatoms. The maximum Gasteiger partial charge on any atom is 0.341 e. The number of amides is 1. The molecular formula is C13H17ClN2O3. The van der Waals surface area contributed by atoms with Crippen LogP contribution in [-0.2, 0) is 9.53 Å². The third-order valence-corrected chi connectivity index (χ3v) is 2.67. The fourth-order valence-electron chi connectivity index (χ4n) is 1.39. The molecule has 0 radical (unpaired) electrons. The van der Waals surface area contributed by atoms with Crippen LogP contribution >= 0.6 is 11.6 Å². The maximum absolute atomic E-state index is 11.8. The zero-order valence-corrected chi connectivity index (χ0v) is 11.7. The number of benzene rings is 1. The average Bonchev–Trinajstić information content (AvgIpc) is 2.35. The van der Waals surface area contributed by atoms with E-state index < -0.39 is 12.1 Å². The van der Waals surface area contributed by atoms with Gasteiger partial charge in [-0.15, -0.1) is 0 Å². The highest BCUT2D eigenvalue weighted by molar-refractivity contribution is 6.31. The summed E-state index contributed by atoms with van der Waals surface area (Å²) in [6.07, 6.45) is -0.0505. The van der Waals surface area contributed by atoms with Gasteiger partial charge in [-0.1, -0.05) is 18.5 Å². The first kappa shape index (κ1) is 15.3. The van der Waals surface area contributed by atoms with Crippen LogP contribution in [0.15, 0.2) is 18.2 Å². The van der Waals surface area contributed by atoms with Gasteiger partial charge in [0.05, 0.1) is 5.56 Å². The fraction of sp³-hybridized carbons (Fsp3) is 0.385. The van der Waals surface area contributed by atoms with Crippen molar-refractivity contribution in [2.24, 2.45) is 0 Å². The van der Waals surface area contributed by atoms with E-state index in [-0.39, 0.29) is 17.2 Å². The molecule has 1 atom stereocenters. The number of nitrogen functional groups attached to an aromatic ring is 1. The molecule has 104 valence electrons. The smallest absolute Gasteiger partial charge is 0.341 e. The quantitative estimate of drug-likeness (QED) is 0.640. The van der Waals surface area contributed by atoms with Crippen LogP contribution in [0, 0.1) is 0 Å².